The molecule has 2 saturated heterocycles. The van der Waals surface area contributed by atoms with Crippen LogP contribution in [-0.4, -0.2) is 141 Å². The van der Waals surface area contributed by atoms with Gasteiger partial charge in [-0.25, -0.2) is 4.79 Å². The van der Waals surface area contributed by atoms with E-state index in [1.54, 1.807) is 0 Å². The van der Waals surface area contributed by atoms with Gasteiger partial charge in [-0.1, -0.05) is 54.6 Å². The zero-order valence-corrected chi connectivity index (χ0v) is 27.6. The summed E-state index contributed by atoms with van der Waals surface area (Å²) in [6.45, 7) is -1.92. The molecule has 51 heavy (non-hydrogen) atoms. The van der Waals surface area contributed by atoms with E-state index in [0.29, 0.717) is 0 Å². The minimum Gasteiger partial charge on any atom is -0.477 e. The number of hydrogen-bond acceptors (Lipinski definition) is 13. The van der Waals surface area contributed by atoms with Crippen molar-refractivity contribution in [2.75, 3.05) is 26.4 Å². The quantitative estimate of drug-likeness (QED) is 0.0676. The van der Waals surface area contributed by atoms with E-state index in [1.165, 1.54) is 0 Å². The van der Waals surface area contributed by atoms with E-state index in [4.69, 9.17) is 25.4 Å². The minimum absolute atomic E-state index is 0.0333. The molecule has 4 rings (SSSR count). The van der Waals surface area contributed by atoms with Crippen molar-refractivity contribution in [1.29, 1.82) is 0 Å². The van der Waals surface area contributed by atoms with E-state index in [0.717, 1.165) is 16.7 Å². The van der Waals surface area contributed by atoms with Gasteiger partial charge in [0.1, 0.15) is 37.1 Å². The Morgan fingerprint density at radius 2 is 1.67 bits per heavy atom. The summed E-state index contributed by atoms with van der Waals surface area (Å²) < 4.78 is 22.2. The molecule has 0 saturated carbocycles. The van der Waals surface area contributed by atoms with Gasteiger partial charge in [-0.15, -0.1) is 12.3 Å². The Bertz CT molecular complexity index is 1490. The van der Waals surface area contributed by atoms with E-state index in [-0.39, 0.29) is 38.3 Å². The predicted octanol–water partition coefficient (Wildman–Crippen LogP) is -1.96. The monoisotopic (exact) mass is 716 g/mol. The number of hydrogen-bond donors (Lipinski definition) is 9. The Morgan fingerprint density at radius 3 is 2.31 bits per heavy atom. The highest BCUT2D eigenvalue weighted by Crippen LogP contribution is 2.35. The molecule has 16 nitrogen and oxygen atoms in total. The predicted molar refractivity (Wildman–Crippen MR) is 176 cm³/mol. The maximum Gasteiger partial charge on any atom is 0.364 e. The number of rotatable bonds is 16. The molecule has 9 N–H and O–H groups in total. The number of aliphatic carboxylic acids is 1. The standard InChI is InChI=1S/C35H44N2O14/c1-2-3-15-48-33-31(45)30(44)29(43)25(50-33)19-49-35(34(46)47)17-24(40)28(37-27(42)18-38)32(51-35)23(39)13-14-36-26(41)16-20-9-11-22(12-10-20)21-7-5-4-6-8-21/h1,4-12,23-25,28-33,38-40,43-45H,3,13-19H2,(H,36,41)(H,37,42)(H,46,47)/t23?,24-,25?,28?,29?,30?,31+,32-,33?,35?/m0/s1. The van der Waals surface area contributed by atoms with E-state index in [2.05, 4.69) is 16.6 Å². The molecule has 16 heteroatoms. The van der Waals surface area contributed by atoms with Gasteiger partial charge in [-0.05, 0) is 23.1 Å². The summed E-state index contributed by atoms with van der Waals surface area (Å²) in [7, 11) is 0. The number of ether oxygens (including phenoxy) is 4. The van der Waals surface area contributed by atoms with Crippen LogP contribution in [0.15, 0.2) is 54.6 Å². The number of terminal acetylenes is 1. The molecule has 2 aliphatic heterocycles. The number of amides is 2. The van der Waals surface area contributed by atoms with Gasteiger partial charge in [-0.3, -0.25) is 9.59 Å². The summed E-state index contributed by atoms with van der Waals surface area (Å²) in [6, 6.07) is 15.7. The Labute approximate surface area is 293 Å². The van der Waals surface area contributed by atoms with Crippen LogP contribution >= 0.6 is 0 Å². The normalized spacial score (nSPS) is 29.7. The summed E-state index contributed by atoms with van der Waals surface area (Å²) >= 11 is 0. The van der Waals surface area contributed by atoms with Crippen molar-refractivity contribution >= 4 is 17.8 Å². The fourth-order valence-electron chi connectivity index (χ4n) is 5.84. The van der Waals surface area contributed by atoms with Crippen LogP contribution in [0.2, 0.25) is 0 Å². The molecule has 2 heterocycles. The topological polar surface area (TPSA) is 254 Å². The number of aliphatic hydroxyl groups is 6. The third-order valence-corrected chi connectivity index (χ3v) is 8.61. The molecule has 0 bridgehead atoms. The first-order chi connectivity index (χ1) is 24.4. The van der Waals surface area contributed by atoms with E-state index >= 15 is 0 Å². The van der Waals surface area contributed by atoms with Gasteiger partial charge in [0, 0.05) is 19.4 Å². The summed E-state index contributed by atoms with van der Waals surface area (Å²) in [6.07, 6.45) is -8.73. The molecule has 278 valence electrons. The molecule has 0 aliphatic carbocycles. The second-order valence-corrected chi connectivity index (χ2v) is 12.3. The van der Waals surface area contributed by atoms with Gasteiger partial charge in [0.15, 0.2) is 6.29 Å². The lowest BCUT2D eigenvalue weighted by molar-refractivity contribution is -0.336. The summed E-state index contributed by atoms with van der Waals surface area (Å²) in [5, 5.41) is 77.8. The number of nitrogens with one attached hydrogen (secondary N) is 2. The number of aliphatic hydroxyl groups excluding tert-OH is 6. The van der Waals surface area contributed by atoms with Crippen LogP contribution in [0.4, 0.5) is 0 Å². The average Bonchev–Trinajstić information content (AvgIpc) is 3.12. The highest BCUT2D eigenvalue weighted by molar-refractivity contribution is 5.79. The number of carboxylic acids is 1. The van der Waals surface area contributed by atoms with Gasteiger partial charge in [0.05, 0.1) is 37.9 Å². The molecule has 2 aromatic rings. The zero-order chi connectivity index (χ0) is 37.1. The maximum absolute atomic E-state index is 12.7. The second kappa shape index (κ2) is 18.5. The molecule has 2 aliphatic rings. The van der Waals surface area contributed by atoms with Crippen LogP contribution < -0.4 is 10.6 Å². The van der Waals surface area contributed by atoms with Crippen molar-refractivity contribution in [3.05, 3.63) is 60.2 Å². The molecule has 0 spiro atoms. The highest BCUT2D eigenvalue weighted by Gasteiger charge is 2.56. The number of carboxylic acid groups (broad SMARTS) is 1. The lowest BCUT2D eigenvalue weighted by atomic mass is 9.89. The summed E-state index contributed by atoms with van der Waals surface area (Å²) in [4.78, 5) is 37.4. The van der Waals surface area contributed by atoms with Crippen molar-refractivity contribution in [2.24, 2.45) is 0 Å². The van der Waals surface area contributed by atoms with Crippen molar-refractivity contribution in [2.45, 2.75) is 86.5 Å². The zero-order valence-electron chi connectivity index (χ0n) is 27.6. The first-order valence-electron chi connectivity index (χ1n) is 16.4. The van der Waals surface area contributed by atoms with Crippen molar-refractivity contribution in [3.8, 4) is 23.5 Å². The largest absolute Gasteiger partial charge is 0.477 e. The number of carbonyl (C=O) groups is 3. The van der Waals surface area contributed by atoms with Crippen LogP contribution in [0.5, 0.6) is 0 Å². The smallest absolute Gasteiger partial charge is 0.364 e. The third-order valence-electron chi connectivity index (χ3n) is 8.61. The third kappa shape index (κ3) is 10.3. The summed E-state index contributed by atoms with van der Waals surface area (Å²) in [5.41, 5.74) is 2.74. The SMILES string of the molecule is C#CCCOC1OC(COC2(C(=O)O)C[C@H](O)C(NC(=O)CO)[C@H](C(O)CCNC(=O)Cc3ccc(-c4ccccc4)cc3)O2)C(O)C(O)[C@H]1O. The molecule has 0 radical (unpaired) electrons. The lowest BCUT2D eigenvalue weighted by Gasteiger charge is -2.47. The first-order valence-corrected chi connectivity index (χ1v) is 16.4. The van der Waals surface area contributed by atoms with Gasteiger partial charge < -0.3 is 65.3 Å². The van der Waals surface area contributed by atoms with Crippen LogP contribution in [0.1, 0.15) is 24.8 Å². The molecular formula is C35H44N2O14. The first kappa shape index (κ1) is 39.8. The molecule has 0 aromatic heterocycles. The second-order valence-electron chi connectivity index (χ2n) is 12.3. The van der Waals surface area contributed by atoms with Crippen LogP contribution in [-0.2, 0) is 39.8 Å². The molecule has 2 aromatic carbocycles. The summed E-state index contributed by atoms with van der Waals surface area (Å²) in [5.74, 6) is -3.41. The minimum atomic E-state index is -2.68. The number of benzene rings is 2. The van der Waals surface area contributed by atoms with Crippen LogP contribution in [0.25, 0.3) is 11.1 Å². The Balaban J connectivity index is 1.41. The molecule has 2 fully saturated rings. The van der Waals surface area contributed by atoms with Gasteiger partial charge in [0.25, 0.3) is 5.79 Å². The Morgan fingerprint density at radius 1 is 0.980 bits per heavy atom. The van der Waals surface area contributed by atoms with Crippen molar-refractivity contribution in [1.82, 2.24) is 10.6 Å². The fourth-order valence-corrected chi connectivity index (χ4v) is 5.84. The lowest BCUT2D eigenvalue weighted by Crippen LogP contribution is -2.67. The molecule has 7 unspecified atom stereocenters. The van der Waals surface area contributed by atoms with Gasteiger partial charge in [0.2, 0.25) is 11.8 Å². The Kier molecular flexibility index (Phi) is 14.4. The maximum atomic E-state index is 12.7. The molecule has 2 amide bonds. The van der Waals surface area contributed by atoms with Crippen LogP contribution in [0.3, 0.4) is 0 Å². The number of carbonyl (C=O) groups excluding carboxylic acids is 2. The van der Waals surface area contributed by atoms with Crippen molar-refractivity contribution in [3.63, 3.8) is 0 Å². The van der Waals surface area contributed by atoms with Crippen molar-refractivity contribution < 1.29 is 69.1 Å². The van der Waals surface area contributed by atoms with E-state index in [1.807, 2.05) is 54.6 Å². The van der Waals surface area contributed by atoms with Gasteiger partial charge >= 0.3 is 5.97 Å². The van der Waals surface area contributed by atoms with Gasteiger partial charge in [-0.2, -0.15) is 0 Å². The average molecular weight is 717 g/mol. The fraction of sp³-hybridized carbons (Fsp3) is 0.514. The van der Waals surface area contributed by atoms with E-state index < -0.39 is 92.4 Å². The molecule has 10 atom stereocenters. The molecular weight excluding hydrogens is 672 g/mol. The highest BCUT2D eigenvalue weighted by atomic mass is 16.7. The van der Waals surface area contributed by atoms with Crippen LogP contribution in [0, 0.1) is 12.3 Å². The van der Waals surface area contributed by atoms with E-state index in [9.17, 15) is 50.1 Å². The Hall–Kier alpha value is -3.99.